The van der Waals surface area contributed by atoms with Gasteiger partial charge >= 0.3 is 0 Å². The molecule has 0 aromatic carbocycles. The second-order valence-electron chi connectivity index (χ2n) is 4.34. The third-order valence-corrected chi connectivity index (χ3v) is 2.79. The molecule has 7 nitrogen and oxygen atoms in total. The Kier molecular flexibility index (Phi) is 4.30. The minimum absolute atomic E-state index is 0.187. The topological polar surface area (TPSA) is 90.8 Å². The lowest BCUT2D eigenvalue weighted by Gasteiger charge is -2.10. The van der Waals surface area contributed by atoms with Crippen molar-refractivity contribution in [2.24, 2.45) is 12.8 Å². The van der Waals surface area contributed by atoms with Crippen molar-refractivity contribution in [3.63, 3.8) is 0 Å². The lowest BCUT2D eigenvalue weighted by molar-refractivity contribution is -0.122. The summed E-state index contributed by atoms with van der Waals surface area (Å²) in [5.41, 5.74) is 6.56. The second kappa shape index (κ2) is 6.14. The van der Waals surface area contributed by atoms with E-state index >= 15 is 0 Å². The standard InChI is InChI=1S/C12H18N6O/c1-17-9-10(8-16-17)11(13)12(19)14-4-2-6-18-7-3-5-15-18/h3,5,7-9,11H,2,4,6,13H2,1H3,(H,14,19). The summed E-state index contributed by atoms with van der Waals surface area (Å²) in [6, 6.07) is 1.20. The summed E-state index contributed by atoms with van der Waals surface area (Å²) in [5, 5.41) is 10.9. The van der Waals surface area contributed by atoms with Crippen LogP contribution in [-0.2, 0) is 18.4 Å². The van der Waals surface area contributed by atoms with Crippen LogP contribution in [0.15, 0.2) is 30.9 Å². The quantitative estimate of drug-likeness (QED) is 0.707. The summed E-state index contributed by atoms with van der Waals surface area (Å²) in [5.74, 6) is -0.187. The van der Waals surface area contributed by atoms with Gasteiger partial charge in [0.25, 0.3) is 0 Å². The van der Waals surface area contributed by atoms with E-state index in [0.29, 0.717) is 12.1 Å². The minimum Gasteiger partial charge on any atom is -0.354 e. The molecule has 2 rings (SSSR count). The molecule has 0 radical (unpaired) electrons. The highest BCUT2D eigenvalue weighted by Gasteiger charge is 2.16. The normalized spacial score (nSPS) is 12.3. The number of aryl methyl sites for hydroxylation is 2. The first-order valence-corrected chi connectivity index (χ1v) is 6.16. The smallest absolute Gasteiger partial charge is 0.241 e. The minimum atomic E-state index is -0.668. The van der Waals surface area contributed by atoms with Crippen LogP contribution in [0.2, 0.25) is 0 Å². The van der Waals surface area contributed by atoms with Gasteiger partial charge in [0, 0.05) is 44.3 Å². The van der Waals surface area contributed by atoms with Crippen LogP contribution in [0.4, 0.5) is 0 Å². The highest BCUT2D eigenvalue weighted by atomic mass is 16.2. The van der Waals surface area contributed by atoms with Crippen molar-refractivity contribution in [2.75, 3.05) is 6.54 Å². The van der Waals surface area contributed by atoms with Crippen LogP contribution >= 0.6 is 0 Å². The van der Waals surface area contributed by atoms with E-state index in [1.54, 1.807) is 30.3 Å². The number of rotatable bonds is 6. The van der Waals surface area contributed by atoms with Crippen LogP contribution in [0.3, 0.4) is 0 Å². The number of hydrogen-bond donors (Lipinski definition) is 2. The lowest BCUT2D eigenvalue weighted by Crippen LogP contribution is -2.34. The van der Waals surface area contributed by atoms with Crippen molar-refractivity contribution < 1.29 is 4.79 Å². The van der Waals surface area contributed by atoms with Crippen LogP contribution in [0.25, 0.3) is 0 Å². The maximum Gasteiger partial charge on any atom is 0.241 e. The molecule has 0 aliphatic carbocycles. The molecule has 2 aromatic rings. The summed E-state index contributed by atoms with van der Waals surface area (Å²) in [7, 11) is 1.79. The molecule has 102 valence electrons. The van der Waals surface area contributed by atoms with Gasteiger partial charge < -0.3 is 11.1 Å². The highest BCUT2D eigenvalue weighted by Crippen LogP contribution is 2.07. The highest BCUT2D eigenvalue weighted by molar-refractivity contribution is 5.82. The molecule has 2 heterocycles. The first-order valence-electron chi connectivity index (χ1n) is 6.16. The van der Waals surface area contributed by atoms with Gasteiger partial charge in [-0.05, 0) is 12.5 Å². The molecule has 1 unspecified atom stereocenters. The monoisotopic (exact) mass is 262 g/mol. The van der Waals surface area contributed by atoms with E-state index < -0.39 is 6.04 Å². The van der Waals surface area contributed by atoms with Gasteiger partial charge in [0.2, 0.25) is 5.91 Å². The SMILES string of the molecule is Cn1cc(C(N)C(=O)NCCCn2cccn2)cn1. The zero-order valence-electron chi connectivity index (χ0n) is 10.9. The third kappa shape index (κ3) is 3.65. The molecule has 0 aliphatic rings. The Morgan fingerprint density at radius 2 is 2.37 bits per heavy atom. The molecule has 1 amide bonds. The predicted molar refractivity (Wildman–Crippen MR) is 70.0 cm³/mol. The van der Waals surface area contributed by atoms with Crippen LogP contribution in [-0.4, -0.2) is 32.0 Å². The van der Waals surface area contributed by atoms with Crippen molar-refractivity contribution in [2.45, 2.75) is 19.0 Å². The maximum atomic E-state index is 11.8. The molecular weight excluding hydrogens is 244 g/mol. The van der Waals surface area contributed by atoms with Gasteiger partial charge in [-0.2, -0.15) is 10.2 Å². The number of hydrogen-bond acceptors (Lipinski definition) is 4. The van der Waals surface area contributed by atoms with E-state index in [1.807, 2.05) is 16.9 Å². The number of nitrogens with two attached hydrogens (primary N) is 1. The molecule has 1 atom stereocenters. The van der Waals surface area contributed by atoms with E-state index in [-0.39, 0.29) is 5.91 Å². The van der Waals surface area contributed by atoms with Gasteiger partial charge in [-0.15, -0.1) is 0 Å². The molecule has 0 saturated carbocycles. The van der Waals surface area contributed by atoms with Crippen LogP contribution in [0, 0.1) is 0 Å². The first-order chi connectivity index (χ1) is 9.16. The molecule has 7 heteroatoms. The lowest BCUT2D eigenvalue weighted by atomic mass is 10.1. The van der Waals surface area contributed by atoms with E-state index in [0.717, 1.165) is 13.0 Å². The average Bonchev–Trinajstić information content (AvgIpc) is 3.04. The van der Waals surface area contributed by atoms with E-state index in [4.69, 9.17) is 5.73 Å². The molecule has 0 spiro atoms. The van der Waals surface area contributed by atoms with Gasteiger partial charge in [0.15, 0.2) is 0 Å². The Balaban J connectivity index is 1.72. The van der Waals surface area contributed by atoms with Crippen molar-refractivity contribution in [3.8, 4) is 0 Å². The zero-order valence-corrected chi connectivity index (χ0v) is 10.9. The Hall–Kier alpha value is -2.15. The van der Waals surface area contributed by atoms with Gasteiger partial charge in [0.05, 0.1) is 6.20 Å². The fourth-order valence-electron chi connectivity index (χ4n) is 1.75. The van der Waals surface area contributed by atoms with Crippen molar-refractivity contribution in [1.82, 2.24) is 24.9 Å². The van der Waals surface area contributed by atoms with Gasteiger partial charge in [-0.3, -0.25) is 14.2 Å². The first kappa shape index (κ1) is 13.3. The summed E-state index contributed by atoms with van der Waals surface area (Å²) in [6.45, 7) is 1.35. The predicted octanol–water partition coefficient (Wildman–Crippen LogP) is -0.177. The fourth-order valence-corrected chi connectivity index (χ4v) is 1.75. The van der Waals surface area contributed by atoms with Crippen molar-refractivity contribution in [3.05, 3.63) is 36.4 Å². The number of nitrogens with zero attached hydrogens (tertiary/aromatic N) is 4. The molecule has 0 aliphatic heterocycles. The fraction of sp³-hybridized carbons (Fsp3) is 0.417. The largest absolute Gasteiger partial charge is 0.354 e. The van der Waals surface area contributed by atoms with Gasteiger partial charge in [-0.25, -0.2) is 0 Å². The number of amides is 1. The van der Waals surface area contributed by atoms with E-state index in [2.05, 4.69) is 15.5 Å². The number of carbonyl (C=O) groups excluding carboxylic acids is 1. The molecule has 2 aromatic heterocycles. The van der Waals surface area contributed by atoms with Crippen molar-refractivity contribution in [1.29, 1.82) is 0 Å². The summed E-state index contributed by atoms with van der Waals surface area (Å²) >= 11 is 0. The zero-order chi connectivity index (χ0) is 13.7. The summed E-state index contributed by atoms with van der Waals surface area (Å²) in [6.07, 6.45) is 7.79. The summed E-state index contributed by atoms with van der Waals surface area (Å²) < 4.78 is 3.45. The molecule has 0 fully saturated rings. The average molecular weight is 262 g/mol. The molecule has 0 bridgehead atoms. The Morgan fingerprint density at radius 3 is 3.00 bits per heavy atom. The molecule has 0 saturated heterocycles. The maximum absolute atomic E-state index is 11.8. The number of nitrogens with one attached hydrogen (secondary N) is 1. The van der Waals surface area contributed by atoms with Crippen LogP contribution in [0.5, 0.6) is 0 Å². The van der Waals surface area contributed by atoms with E-state index in [1.165, 1.54) is 0 Å². The molecule has 19 heavy (non-hydrogen) atoms. The van der Waals surface area contributed by atoms with Crippen LogP contribution < -0.4 is 11.1 Å². The van der Waals surface area contributed by atoms with Crippen LogP contribution in [0.1, 0.15) is 18.0 Å². The summed E-state index contributed by atoms with van der Waals surface area (Å²) in [4.78, 5) is 11.8. The second-order valence-corrected chi connectivity index (χ2v) is 4.34. The Bertz CT molecular complexity index is 518. The van der Waals surface area contributed by atoms with E-state index in [9.17, 15) is 4.79 Å². The molecule has 3 N–H and O–H groups in total. The van der Waals surface area contributed by atoms with Crippen molar-refractivity contribution >= 4 is 5.91 Å². The van der Waals surface area contributed by atoms with Gasteiger partial charge in [-0.1, -0.05) is 0 Å². The number of carbonyl (C=O) groups is 1. The Morgan fingerprint density at radius 1 is 1.53 bits per heavy atom. The number of aromatic nitrogens is 4. The molecular formula is C12H18N6O. The third-order valence-electron chi connectivity index (χ3n) is 2.79. The van der Waals surface area contributed by atoms with Gasteiger partial charge in [0.1, 0.15) is 6.04 Å². The Labute approximate surface area is 111 Å².